The summed E-state index contributed by atoms with van der Waals surface area (Å²) in [5, 5.41) is 12.3. The fraction of sp³-hybridized carbons (Fsp3) is 0.235. The molecule has 2 aromatic heterocycles. The third-order valence-corrected chi connectivity index (χ3v) is 4.62. The zero-order valence-corrected chi connectivity index (χ0v) is 15.6. The highest BCUT2D eigenvalue weighted by Crippen LogP contribution is 2.24. The molecule has 1 amide bonds. The summed E-state index contributed by atoms with van der Waals surface area (Å²) in [6.45, 7) is 1.05. The van der Waals surface area contributed by atoms with Gasteiger partial charge in [0, 0.05) is 17.8 Å². The van der Waals surface area contributed by atoms with Gasteiger partial charge in [-0.25, -0.2) is 0 Å². The molecular formula is C17H17ClN4O3S. The first-order valence-electron chi connectivity index (χ1n) is 7.81. The number of nitrogens with zero attached hydrogens (tertiary/aromatic N) is 3. The summed E-state index contributed by atoms with van der Waals surface area (Å²) < 4.78 is 12.4. The number of methoxy groups -OCH3 is 1. The SMILES string of the molecule is COCCn1c(SCC(=O)Nc2cccc(Cl)c2)nnc1-c1ccco1. The maximum Gasteiger partial charge on any atom is 0.234 e. The number of halogens is 1. The molecule has 2 heterocycles. The number of rotatable bonds is 8. The van der Waals surface area contributed by atoms with Crippen molar-refractivity contribution in [3.8, 4) is 11.6 Å². The number of thioether (sulfide) groups is 1. The van der Waals surface area contributed by atoms with E-state index in [0.29, 0.717) is 40.6 Å². The number of amides is 1. The van der Waals surface area contributed by atoms with Gasteiger partial charge in [-0.3, -0.25) is 9.36 Å². The van der Waals surface area contributed by atoms with Crippen LogP contribution in [0.15, 0.2) is 52.2 Å². The number of aromatic nitrogens is 3. The Morgan fingerprint density at radius 3 is 2.96 bits per heavy atom. The van der Waals surface area contributed by atoms with Crippen molar-refractivity contribution in [1.29, 1.82) is 0 Å². The first kappa shape index (κ1) is 18.5. The summed E-state index contributed by atoms with van der Waals surface area (Å²) in [5.74, 6) is 1.25. The van der Waals surface area contributed by atoms with Crippen molar-refractivity contribution in [3.05, 3.63) is 47.7 Å². The second-order valence-corrected chi connectivity index (χ2v) is 6.65. The highest BCUT2D eigenvalue weighted by Gasteiger charge is 2.17. The lowest BCUT2D eigenvalue weighted by Gasteiger charge is -2.09. The van der Waals surface area contributed by atoms with Crippen LogP contribution in [0.4, 0.5) is 5.69 Å². The Morgan fingerprint density at radius 1 is 1.35 bits per heavy atom. The van der Waals surface area contributed by atoms with Crippen molar-refractivity contribution >= 4 is 35.0 Å². The summed E-state index contributed by atoms with van der Waals surface area (Å²) in [4.78, 5) is 12.2. The van der Waals surface area contributed by atoms with E-state index in [-0.39, 0.29) is 11.7 Å². The van der Waals surface area contributed by atoms with Crippen molar-refractivity contribution in [3.63, 3.8) is 0 Å². The number of carbonyl (C=O) groups is 1. The molecule has 3 aromatic rings. The zero-order valence-electron chi connectivity index (χ0n) is 14.0. The number of anilines is 1. The van der Waals surface area contributed by atoms with Crippen molar-refractivity contribution in [2.45, 2.75) is 11.7 Å². The van der Waals surface area contributed by atoms with Crippen LogP contribution >= 0.6 is 23.4 Å². The molecule has 0 saturated carbocycles. The van der Waals surface area contributed by atoms with Crippen LogP contribution in [0.2, 0.25) is 5.02 Å². The van der Waals surface area contributed by atoms with Gasteiger partial charge >= 0.3 is 0 Å². The third kappa shape index (κ3) is 4.66. The number of benzene rings is 1. The van der Waals surface area contributed by atoms with Gasteiger partial charge < -0.3 is 14.5 Å². The Bertz CT molecular complexity index is 867. The normalized spacial score (nSPS) is 10.8. The van der Waals surface area contributed by atoms with E-state index < -0.39 is 0 Å². The Kier molecular flexibility index (Phi) is 6.32. The quantitative estimate of drug-likeness (QED) is 0.590. The third-order valence-electron chi connectivity index (χ3n) is 3.42. The average molecular weight is 393 g/mol. The van der Waals surface area contributed by atoms with Crippen LogP contribution < -0.4 is 5.32 Å². The van der Waals surface area contributed by atoms with Gasteiger partial charge in [0.15, 0.2) is 10.9 Å². The number of hydrogen-bond acceptors (Lipinski definition) is 6. The first-order chi connectivity index (χ1) is 12.7. The van der Waals surface area contributed by atoms with Gasteiger partial charge in [0.2, 0.25) is 11.7 Å². The van der Waals surface area contributed by atoms with E-state index in [2.05, 4.69) is 15.5 Å². The molecule has 3 rings (SSSR count). The molecule has 136 valence electrons. The Morgan fingerprint density at radius 2 is 2.23 bits per heavy atom. The van der Waals surface area contributed by atoms with Crippen LogP contribution in [-0.4, -0.2) is 40.1 Å². The molecule has 0 aliphatic heterocycles. The molecule has 0 radical (unpaired) electrons. The predicted molar refractivity (Wildman–Crippen MR) is 100 cm³/mol. The summed E-state index contributed by atoms with van der Waals surface area (Å²) in [6, 6.07) is 10.6. The van der Waals surface area contributed by atoms with Crippen molar-refractivity contribution < 1.29 is 13.9 Å². The van der Waals surface area contributed by atoms with Crippen LogP contribution in [0.25, 0.3) is 11.6 Å². The molecule has 1 aromatic carbocycles. The molecule has 0 spiro atoms. The van der Waals surface area contributed by atoms with Gasteiger partial charge in [-0.05, 0) is 30.3 Å². The molecule has 0 unspecified atom stereocenters. The molecular weight excluding hydrogens is 376 g/mol. The van der Waals surface area contributed by atoms with Gasteiger partial charge in [0.05, 0.1) is 25.2 Å². The molecule has 0 saturated heterocycles. The van der Waals surface area contributed by atoms with Gasteiger partial charge in [0.1, 0.15) is 0 Å². The monoisotopic (exact) mass is 392 g/mol. The van der Waals surface area contributed by atoms with Crippen LogP contribution in [0.5, 0.6) is 0 Å². The second kappa shape index (κ2) is 8.88. The number of nitrogens with one attached hydrogen (secondary N) is 1. The lowest BCUT2D eigenvalue weighted by molar-refractivity contribution is -0.113. The number of carbonyl (C=O) groups excluding carboxylic acids is 1. The van der Waals surface area contributed by atoms with E-state index in [4.69, 9.17) is 20.8 Å². The summed E-state index contributed by atoms with van der Waals surface area (Å²) >= 11 is 7.22. The van der Waals surface area contributed by atoms with E-state index in [9.17, 15) is 4.79 Å². The Hall–Kier alpha value is -2.29. The maximum atomic E-state index is 12.2. The highest BCUT2D eigenvalue weighted by atomic mass is 35.5. The smallest absolute Gasteiger partial charge is 0.234 e. The van der Waals surface area contributed by atoms with Crippen LogP contribution in [-0.2, 0) is 16.1 Å². The van der Waals surface area contributed by atoms with Gasteiger partial charge in [0.25, 0.3) is 0 Å². The van der Waals surface area contributed by atoms with Crippen LogP contribution in [0, 0.1) is 0 Å². The van der Waals surface area contributed by atoms with Gasteiger partial charge in [-0.2, -0.15) is 0 Å². The van der Waals surface area contributed by atoms with Gasteiger partial charge in [-0.15, -0.1) is 10.2 Å². The fourth-order valence-electron chi connectivity index (χ4n) is 2.26. The average Bonchev–Trinajstić information content (AvgIpc) is 3.27. The minimum atomic E-state index is -0.155. The number of furan rings is 1. The molecule has 26 heavy (non-hydrogen) atoms. The highest BCUT2D eigenvalue weighted by molar-refractivity contribution is 7.99. The standard InChI is InChI=1S/C17H17ClN4O3S/c1-24-9-7-22-16(14-6-3-8-25-14)20-21-17(22)26-11-15(23)19-13-5-2-4-12(18)10-13/h2-6,8,10H,7,9,11H2,1H3,(H,19,23). The molecule has 0 aliphatic rings. The minimum Gasteiger partial charge on any atom is -0.461 e. The van der Waals surface area contributed by atoms with E-state index in [1.54, 1.807) is 43.7 Å². The molecule has 7 nitrogen and oxygen atoms in total. The number of hydrogen-bond donors (Lipinski definition) is 1. The van der Waals surface area contributed by atoms with Crippen molar-refractivity contribution in [1.82, 2.24) is 14.8 Å². The fourth-order valence-corrected chi connectivity index (χ4v) is 3.22. The summed E-state index contributed by atoms with van der Waals surface area (Å²) in [7, 11) is 1.63. The Balaban J connectivity index is 1.68. The molecule has 0 fully saturated rings. The van der Waals surface area contributed by atoms with Gasteiger partial charge in [-0.1, -0.05) is 29.4 Å². The first-order valence-corrected chi connectivity index (χ1v) is 9.18. The van der Waals surface area contributed by atoms with E-state index in [1.165, 1.54) is 11.8 Å². The van der Waals surface area contributed by atoms with E-state index >= 15 is 0 Å². The Labute approximate surface area is 159 Å². The maximum absolute atomic E-state index is 12.2. The summed E-state index contributed by atoms with van der Waals surface area (Å²) in [5.41, 5.74) is 0.653. The van der Waals surface area contributed by atoms with Crippen LogP contribution in [0.3, 0.4) is 0 Å². The van der Waals surface area contributed by atoms with Crippen molar-refractivity contribution in [2.75, 3.05) is 24.8 Å². The van der Waals surface area contributed by atoms with E-state index in [1.807, 2.05) is 10.6 Å². The molecule has 0 bridgehead atoms. The molecule has 0 aliphatic carbocycles. The lowest BCUT2D eigenvalue weighted by atomic mass is 10.3. The molecule has 9 heteroatoms. The lowest BCUT2D eigenvalue weighted by Crippen LogP contribution is -2.15. The van der Waals surface area contributed by atoms with E-state index in [0.717, 1.165) is 0 Å². The number of ether oxygens (including phenoxy) is 1. The summed E-state index contributed by atoms with van der Waals surface area (Å²) in [6.07, 6.45) is 1.58. The molecule has 1 N–H and O–H groups in total. The molecule has 0 atom stereocenters. The second-order valence-electron chi connectivity index (χ2n) is 5.28. The topological polar surface area (TPSA) is 82.2 Å². The van der Waals surface area contributed by atoms with Crippen molar-refractivity contribution in [2.24, 2.45) is 0 Å². The van der Waals surface area contributed by atoms with Crippen LogP contribution in [0.1, 0.15) is 0 Å². The zero-order chi connectivity index (χ0) is 18.4. The largest absolute Gasteiger partial charge is 0.461 e. The predicted octanol–water partition coefficient (Wildman–Crippen LogP) is 3.57. The minimum absolute atomic E-state index is 0.155.